The molecule has 0 radical (unpaired) electrons. The lowest BCUT2D eigenvalue weighted by Crippen LogP contribution is -2.39. The molecule has 30 heavy (non-hydrogen) atoms. The number of hydrogen-bond donors (Lipinski definition) is 2. The average Bonchev–Trinajstić information content (AvgIpc) is 3.17. The lowest BCUT2D eigenvalue weighted by atomic mass is 9.97. The third-order valence-electron chi connectivity index (χ3n) is 5.05. The summed E-state index contributed by atoms with van der Waals surface area (Å²) < 4.78 is 34.8. The zero-order valence-electron chi connectivity index (χ0n) is 16.4. The van der Waals surface area contributed by atoms with Gasteiger partial charge in [0.1, 0.15) is 18.1 Å². The summed E-state index contributed by atoms with van der Waals surface area (Å²) >= 11 is -0.451. The first-order chi connectivity index (χ1) is 14.7. The minimum Gasteiger partial charge on any atom is -0.492 e. The third kappa shape index (κ3) is 5.96. The Morgan fingerprint density at radius 1 is 1.20 bits per heavy atom. The summed E-state index contributed by atoms with van der Waals surface area (Å²) in [6.45, 7) is 4.04. The third-order valence-corrected chi connectivity index (χ3v) is 6.35. The van der Waals surface area contributed by atoms with E-state index in [9.17, 15) is 4.21 Å². The van der Waals surface area contributed by atoms with Crippen LogP contribution in [0.3, 0.4) is 0 Å². The normalized spacial score (nSPS) is 16.6. The molecule has 0 amide bonds. The Hall–Kier alpha value is -2.11. The monoisotopic (exact) mass is 448 g/mol. The number of nitrogens with one attached hydrogen (secondary N) is 1. The van der Waals surface area contributed by atoms with Crippen molar-refractivity contribution < 1.29 is 18.2 Å². The Labute approximate surface area is 181 Å². The molecular formula is C20H24N4O4S2. The minimum absolute atomic E-state index is 0.456. The maximum Gasteiger partial charge on any atom is 0.281 e. The molecule has 10 heteroatoms. The van der Waals surface area contributed by atoms with Gasteiger partial charge in [-0.1, -0.05) is 11.3 Å². The van der Waals surface area contributed by atoms with Gasteiger partial charge in [-0.15, -0.1) is 0 Å². The fourth-order valence-electron chi connectivity index (χ4n) is 3.39. The molecule has 1 unspecified atom stereocenters. The fourth-order valence-corrected chi connectivity index (χ4v) is 4.57. The molecule has 2 aromatic heterocycles. The summed E-state index contributed by atoms with van der Waals surface area (Å²) in [4.78, 5) is 11.0. The number of likely N-dealkylation sites (tertiary alicyclic amines) is 1. The zero-order chi connectivity index (χ0) is 20.8. The van der Waals surface area contributed by atoms with Crippen LogP contribution in [0, 0.1) is 5.92 Å². The van der Waals surface area contributed by atoms with Gasteiger partial charge in [-0.2, -0.15) is 4.98 Å². The van der Waals surface area contributed by atoms with E-state index in [2.05, 4.69) is 19.6 Å². The second kappa shape index (κ2) is 10.3. The molecule has 0 bridgehead atoms. The molecule has 1 aliphatic heterocycles. The van der Waals surface area contributed by atoms with Crippen LogP contribution < -0.4 is 14.2 Å². The van der Waals surface area contributed by atoms with Crippen LogP contribution in [0.2, 0.25) is 0 Å². The van der Waals surface area contributed by atoms with Crippen molar-refractivity contribution in [3.63, 3.8) is 0 Å². The van der Waals surface area contributed by atoms with Crippen molar-refractivity contribution in [2.45, 2.75) is 12.8 Å². The van der Waals surface area contributed by atoms with E-state index in [1.165, 1.54) is 11.3 Å². The van der Waals surface area contributed by atoms with Crippen LogP contribution in [0.15, 0.2) is 42.6 Å². The molecule has 2 N–H and O–H groups in total. The second-order valence-corrected chi connectivity index (χ2v) is 8.89. The van der Waals surface area contributed by atoms with Crippen molar-refractivity contribution in [2.24, 2.45) is 5.92 Å². The molecular weight excluding hydrogens is 424 g/mol. The fraction of sp³-hybridized carbons (Fsp3) is 0.400. The summed E-state index contributed by atoms with van der Waals surface area (Å²) in [7, 11) is 0. The van der Waals surface area contributed by atoms with Crippen molar-refractivity contribution in [1.29, 1.82) is 0 Å². The highest BCUT2D eigenvalue weighted by atomic mass is 32.2. The molecule has 1 aliphatic rings. The molecule has 0 saturated carbocycles. The maximum atomic E-state index is 10.7. The molecule has 4 rings (SSSR count). The van der Waals surface area contributed by atoms with Crippen molar-refractivity contribution in [2.75, 3.05) is 32.8 Å². The van der Waals surface area contributed by atoms with Gasteiger partial charge in [0, 0.05) is 19.3 Å². The van der Waals surface area contributed by atoms with Gasteiger partial charge < -0.3 is 9.47 Å². The summed E-state index contributed by atoms with van der Waals surface area (Å²) in [6.07, 6.45) is 3.77. The first-order valence-electron chi connectivity index (χ1n) is 9.85. The number of pyridine rings is 1. The molecule has 0 spiro atoms. The van der Waals surface area contributed by atoms with Crippen LogP contribution in [0.25, 0.3) is 10.3 Å². The number of rotatable bonds is 9. The molecule has 1 fully saturated rings. The summed E-state index contributed by atoms with van der Waals surface area (Å²) in [5, 5.41) is 0.571. The molecule has 1 saturated heterocycles. The number of piperidine rings is 1. The van der Waals surface area contributed by atoms with Crippen molar-refractivity contribution in [3.05, 3.63) is 42.6 Å². The van der Waals surface area contributed by atoms with E-state index >= 15 is 0 Å². The summed E-state index contributed by atoms with van der Waals surface area (Å²) in [5.41, 5.74) is 0.695. The van der Waals surface area contributed by atoms with Crippen molar-refractivity contribution >= 4 is 33.0 Å². The van der Waals surface area contributed by atoms with Gasteiger partial charge in [0.05, 0.1) is 4.70 Å². The van der Waals surface area contributed by atoms with Crippen LogP contribution in [0.4, 0.5) is 0 Å². The standard InChI is InChI=1S/C20H24N4O4S2/c25-30(26)22-14-15-7-10-24(11-8-15)12-13-27-16-3-5-17(6-4-16)28-20-23-19-18(29-20)2-1-9-21-19/h1-6,9,15,22H,7-8,10-14H2,(H,25,26). The minimum atomic E-state index is -1.92. The van der Waals surface area contributed by atoms with Gasteiger partial charge in [-0.05, 0) is 68.2 Å². The maximum absolute atomic E-state index is 10.7. The lowest BCUT2D eigenvalue weighted by molar-refractivity contribution is 0.156. The van der Waals surface area contributed by atoms with Gasteiger partial charge in [0.15, 0.2) is 5.65 Å². The van der Waals surface area contributed by atoms with E-state index < -0.39 is 11.3 Å². The predicted molar refractivity (Wildman–Crippen MR) is 117 cm³/mol. The highest BCUT2D eigenvalue weighted by Crippen LogP contribution is 2.30. The van der Waals surface area contributed by atoms with Crippen LogP contribution in [-0.4, -0.2) is 56.4 Å². The number of ether oxygens (including phenoxy) is 2. The number of benzene rings is 1. The van der Waals surface area contributed by atoms with Crippen LogP contribution in [0.5, 0.6) is 16.7 Å². The smallest absolute Gasteiger partial charge is 0.281 e. The highest BCUT2D eigenvalue weighted by molar-refractivity contribution is 7.77. The van der Waals surface area contributed by atoms with E-state index in [0.717, 1.165) is 42.9 Å². The number of aromatic nitrogens is 2. The van der Waals surface area contributed by atoms with Crippen LogP contribution in [-0.2, 0) is 11.3 Å². The first-order valence-corrected chi connectivity index (χ1v) is 11.8. The zero-order valence-corrected chi connectivity index (χ0v) is 18.0. The molecule has 1 aromatic carbocycles. The molecule has 3 aromatic rings. The SMILES string of the molecule is O=S(O)NCC1CCN(CCOc2ccc(Oc3nc4ncccc4s3)cc2)CC1. The molecule has 160 valence electrons. The van der Waals surface area contributed by atoms with Crippen LogP contribution >= 0.6 is 11.3 Å². The molecule has 3 heterocycles. The van der Waals surface area contributed by atoms with E-state index in [4.69, 9.17) is 14.0 Å². The van der Waals surface area contributed by atoms with Crippen molar-refractivity contribution in [3.8, 4) is 16.7 Å². The molecule has 0 aliphatic carbocycles. The topological polar surface area (TPSA) is 96.8 Å². The number of thiazole rings is 1. The second-order valence-electron chi connectivity index (χ2n) is 7.11. The Kier molecular flexibility index (Phi) is 7.24. The highest BCUT2D eigenvalue weighted by Gasteiger charge is 2.19. The Morgan fingerprint density at radius 2 is 1.97 bits per heavy atom. The van der Waals surface area contributed by atoms with Crippen molar-refractivity contribution in [1.82, 2.24) is 19.6 Å². The number of hydrogen-bond acceptors (Lipinski definition) is 7. The van der Waals surface area contributed by atoms with Gasteiger partial charge in [0.25, 0.3) is 5.19 Å². The van der Waals surface area contributed by atoms with E-state index in [1.807, 2.05) is 36.4 Å². The molecule has 1 atom stereocenters. The number of nitrogens with zero attached hydrogens (tertiary/aromatic N) is 3. The number of fused-ring (bicyclic) bond motifs is 1. The predicted octanol–water partition coefficient (Wildman–Crippen LogP) is 3.30. The summed E-state index contributed by atoms with van der Waals surface area (Å²) in [5.74, 6) is 1.97. The van der Waals surface area contributed by atoms with E-state index in [-0.39, 0.29) is 0 Å². The van der Waals surface area contributed by atoms with Gasteiger partial charge in [0.2, 0.25) is 11.3 Å². The van der Waals surface area contributed by atoms with Gasteiger partial charge in [-0.25, -0.2) is 13.9 Å². The summed E-state index contributed by atoms with van der Waals surface area (Å²) in [6, 6.07) is 11.4. The first kappa shape index (κ1) is 21.1. The lowest BCUT2D eigenvalue weighted by Gasteiger charge is -2.31. The average molecular weight is 449 g/mol. The van der Waals surface area contributed by atoms with E-state index in [1.54, 1.807) is 6.20 Å². The van der Waals surface area contributed by atoms with E-state index in [0.29, 0.717) is 35.7 Å². The largest absolute Gasteiger partial charge is 0.492 e. The Morgan fingerprint density at radius 3 is 2.70 bits per heavy atom. The van der Waals surface area contributed by atoms with Gasteiger partial charge in [-0.3, -0.25) is 9.45 Å². The quantitative estimate of drug-likeness (QED) is 0.485. The van der Waals surface area contributed by atoms with Gasteiger partial charge >= 0.3 is 0 Å². The Balaban J connectivity index is 1.18. The molecule has 8 nitrogen and oxygen atoms in total. The Bertz CT molecular complexity index is 941. The van der Waals surface area contributed by atoms with Crippen LogP contribution in [0.1, 0.15) is 12.8 Å².